The molecular weight excluding hydrogens is 324 g/mol. The van der Waals surface area contributed by atoms with E-state index in [-0.39, 0.29) is 41.5 Å². The second kappa shape index (κ2) is 21.5. The van der Waals surface area contributed by atoms with Crippen molar-refractivity contribution in [3.8, 4) is 0 Å². The molecule has 0 atom stereocenters. The highest BCUT2D eigenvalue weighted by Gasteiger charge is 2.14. The van der Waals surface area contributed by atoms with E-state index in [2.05, 4.69) is 39.3 Å². The smallest absolute Gasteiger partial charge is 0.302 e. The molecule has 0 amide bonds. The molecule has 0 fully saturated rings. The highest BCUT2D eigenvalue weighted by molar-refractivity contribution is 6.76. The van der Waals surface area contributed by atoms with Crippen LogP contribution in [0.2, 0.25) is 39.3 Å². The summed E-state index contributed by atoms with van der Waals surface area (Å²) in [5.41, 5.74) is 0. The fourth-order valence-electron chi connectivity index (χ4n) is 0.318. The lowest BCUT2D eigenvalue weighted by Crippen LogP contribution is -2.29. The van der Waals surface area contributed by atoms with Crippen molar-refractivity contribution >= 4 is 27.9 Å². The van der Waals surface area contributed by atoms with Crippen molar-refractivity contribution in [3.63, 3.8) is 0 Å². The van der Waals surface area contributed by atoms with Crippen molar-refractivity contribution in [3.05, 3.63) is 0 Å². The van der Waals surface area contributed by atoms with Crippen LogP contribution in [0.4, 0.5) is 0 Å². The number of ether oxygens (including phenoxy) is 1. The number of hydrogen-bond donors (Lipinski definition) is 1. The average molecular weight is 373 g/mol. The van der Waals surface area contributed by atoms with Crippen molar-refractivity contribution in [2.24, 2.45) is 0 Å². The highest BCUT2D eigenvalue weighted by Crippen LogP contribution is 1.99. The second-order valence-electron chi connectivity index (χ2n) is 6.97. The summed E-state index contributed by atoms with van der Waals surface area (Å²) in [5.74, 6) is -0.00238. The van der Waals surface area contributed by atoms with Crippen LogP contribution in [0.25, 0.3) is 0 Å². The number of hydrogen-bond acceptors (Lipinski definition) is 4. The lowest BCUT2D eigenvalue weighted by Gasteiger charge is -2.13. The molecule has 0 aliphatic heterocycles. The van der Waals surface area contributed by atoms with Crippen LogP contribution in [-0.2, 0) is 14.3 Å². The Morgan fingerprint density at radius 2 is 1.00 bits per heavy atom. The molecule has 148 valence electrons. The first-order valence-electron chi connectivity index (χ1n) is 6.42. The molecule has 0 aromatic carbocycles. The number of carbonyl (C=O) groups is 2. The van der Waals surface area contributed by atoms with Crippen molar-refractivity contribution < 1.29 is 19.4 Å². The van der Waals surface area contributed by atoms with Crippen LogP contribution >= 0.6 is 0 Å². The predicted octanol–water partition coefficient (Wildman–Crippen LogP) is 5.42. The van der Waals surface area contributed by atoms with Crippen molar-refractivity contribution in [1.29, 1.82) is 0 Å². The van der Waals surface area contributed by atoms with E-state index in [4.69, 9.17) is 9.84 Å². The quantitative estimate of drug-likeness (QED) is 0.530. The molecule has 0 saturated heterocycles. The van der Waals surface area contributed by atoms with E-state index in [0.717, 1.165) is 0 Å². The molecule has 6 heteroatoms. The zero-order valence-electron chi connectivity index (χ0n) is 14.1. The normalized spacial score (nSPS) is 8.61. The van der Waals surface area contributed by atoms with Gasteiger partial charge >= 0.3 is 5.97 Å². The fraction of sp³-hybridized carbons (Fsp3) is 0.882. The van der Waals surface area contributed by atoms with E-state index in [0.29, 0.717) is 12.5 Å². The third kappa shape index (κ3) is 113. The van der Waals surface area contributed by atoms with Gasteiger partial charge in [0, 0.05) is 13.2 Å². The number of esters is 1. The molecule has 0 aromatic heterocycles. The third-order valence-electron chi connectivity index (χ3n) is 1.18. The van der Waals surface area contributed by atoms with E-state index in [1.165, 1.54) is 20.8 Å². The number of carbonyl (C=O) groups excluding carboxylic acids is 2. The first kappa shape index (κ1) is 43.3. The maximum atomic E-state index is 10.3. The Hall–Kier alpha value is -0.466. The monoisotopic (exact) mass is 372 g/mol. The van der Waals surface area contributed by atoms with Gasteiger partial charge in [-0.1, -0.05) is 69.0 Å². The van der Waals surface area contributed by atoms with Crippen LogP contribution in [0.5, 0.6) is 0 Å². The molecule has 23 heavy (non-hydrogen) atoms. The summed E-state index contributed by atoms with van der Waals surface area (Å²) in [6, 6.07) is 0. The van der Waals surface area contributed by atoms with Crippen LogP contribution in [0.1, 0.15) is 50.5 Å². The fourth-order valence-corrected chi connectivity index (χ4v) is 0.954. The Bertz CT molecular complexity index is 250. The first-order chi connectivity index (χ1) is 8.21. The summed E-state index contributed by atoms with van der Waals surface area (Å²) in [4.78, 5) is 19.7. The lowest BCUT2D eigenvalue weighted by molar-refractivity contribution is -0.139. The Morgan fingerprint density at radius 3 is 1.04 bits per heavy atom. The van der Waals surface area contributed by atoms with E-state index < -0.39 is 16.1 Å². The van der Waals surface area contributed by atoms with Crippen LogP contribution < -0.4 is 0 Å². The Morgan fingerprint density at radius 1 is 0.783 bits per heavy atom. The van der Waals surface area contributed by atoms with Gasteiger partial charge in [0.25, 0.3) is 0 Å². The van der Waals surface area contributed by atoms with Crippen LogP contribution in [-0.4, -0.2) is 45.5 Å². The molecule has 0 spiro atoms. The van der Waals surface area contributed by atoms with Gasteiger partial charge in [-0.3, -0.25) is 4.79 Å². The minimum atomic E-state index is -1.16. The standard InChI is InChI=1S/C6H14O2Si.C4H12OSi.C3H6O.4CH4/c1-6(7)8-5-9(2,3)4;1-6(2,3)4-5;1-3(2)4;;;;/h5H2,1-4H3;5H,4H2,1-3H3;1-2H3;4*1H4. The minimum Gasteiger partial charge on any atom is -0.470 e. The van der Waals surface area contributed by atoms with Gasteiger partial charge in [-0.25, -0.2) is 0 Å². The Balaban J connectivity index is -0.0000000328. The zero-order valence-corrected chi connectivity index (χ0v) is 16.1. The van der Waals surface area contributed by atoms with Crippen LogP contribution in [0, 0.1) is 0 Å². The van der Waals surface area contributed by atoms with Gasteiger partial charge in [0.05, 0.1) is 22.4 Å². The number of rotatable bonds is 3. The summed E-state index contributed by atoms with van der Waals surface area (Å²) in [7, 11) is -2.24. The van der Waals surface area contributed by atoms with Gasteiger partial charge in [-0.2, -0.15) is 0 Å². The average Bonchev–Trinajstić information content (AvgIpc) is 2.13. The molecule has 4 nitrogen and oxygen atoms in total. The molecule has 1 N–H and O–H groups in total. The molecule has 0 heterocycles. The summed E-state index contributed by atoms with van der Waals surface area (Å²) in [6.07, 6.45) is 1.05. The maximum Gasteiger partial charge on any atom is 0.302 e. The molecule has 0 unspecified atom stereocenters. The number of aliphatic hydroxyl groups excluding tert-OH is 1. The van der Waals surface area contributed by atoms with Gasteiger partial charge in [0.2, 0.25) is 0 Å². The Kier molecular flexibility index (Phi) is 40.5. The van der Waals surface area contributed by atoms with Crippen molar-refractivity contribution in [2.75, 3.05) is 12.5 Å². The number of Topliss-reactive ketones (excluding diaryl/α,β-unsaturated/α-hetero) is 1. The number of aliphatic hydroxyl groups is 1. The third-order valence-corrected chi connectivity index (χ3v) is 3.14. The van der Waals surface area contributed by atoms with Gasteiger partial charge in [-0.05, 0) is 13.8 Å². The van der Waals surface area contributed by atoms with Crippen molar-refractivity contribution in [1.82, 2.24) is 0 Å². The van der Waals surface area contributed by atoms with Crippen molar-refractivity contribution in [2.45, 2.75) is 89.8 Å². The van der Waals surface area contributed by atoms with Gasteiger partial charge in [0.15, 0.2) is 0 Å². The summed E-state index contributed by atoms with van der Waals surface area (Å²) in [6.45, 7) is 17.4. The first-order valence-corrected chi connectivity index (χ1v) is 13.8. The molecule has 0 aliphatic carbocycles. The van der Waals surface area contributed by atoms with E-state index in [1.807, 2.05) is 0 Å². The second-order valence-corrected chi connectivity index (χ2v) is 17.8. The molecule has 0 aliphatic rings. The van der Waals surface area contributed by atoms with Gasteiger partial charge in [-0.15, -0.1) is 0 Å². The largest absolute Gasteiger partial charge is 0.470 e. The molecule has 0 rings (SSSR count). The van der Waals surface area contributed by atoms with E-state index in [9.17, 15) is 9.59 Å². The number of ketones is 1. The molecular formula is C17H48O4Si2. The molecule has 0 radical (unpaired) electrons. The molecule has 0 saturated carbocycles. The zero-order chi connectivity index (χ0) is 16.3. The van der Waals surface area contributed by atoms with Crippen LogP contribution in [0.15, 0.2) is 0 Å². The van der Waals surface area contributed by atoms with Gasteiger partial charge < -0.3 is 14.6 Å². The van der Waals surface area contributed by atoms with Gasteiger partial charge in [0.1, 0.15) is 5.78 Å². The Labute approximate surface area is 150 Å². The van der Waals surface area contributed by atoms with E-state index in [1.54, 1.807) is 0 Å². The minimum absolute atomic E-state index is 0. The van der Waals surface area contributed by atoms with E-state index >= 15 is 0 Å². The topological polar surface area (TPSA) is 63.6 Å². The predicted molar refractivity (Wildman–Crippen MR) is 114 cm³/mol. The summed E-state index contributed by atoms with van der Waals surface area (Å²) >= 11 is 0. The molecule has 0 aromatic rings. The summed E-state index contributed by atoms with van der Waals surface area (Å²) in [5, 5.41) is 8.46. The SMILES string of the molecule is C.C.C.C.CC(=O)OC[Si](C)(C)C.CC(C)=O.C[Si](C)(C)CO. The van der Waals surface area contributed by atoms with Crippen LogP contribution in [0.3, 0.4) is 0 Å². The highest BCUT2D eigenvalue weighted by atomic mass is 28.3. The lowest BCUT2D eigenvalue weighted by atomic mass is 10.6. The maximum absolute atomic E-state index is 10.3. The summed E-state index contributed by atoms with van der Waals surface area (Å²) < 4.78 is 4.83. The molecule has 0 bridgehead atoms.